The lowest BCUT2D eigenvalue weighted by atomic mass is 9.96. The van der Waals surface area contributed by atoms with Gasteiger partial charge in [0.15, 0.2) is 0 Å². The molecule has 3 rings (SSSR count). The van der Waals surface area contributed by atoms with Crippen LogP contribution in [0.4, 0.5) is 19.1 Å². The second kappa shape index (κ2) is 8.24. The van der Waals surface area contributed by atoms with E-state index in [1.165, 1.54) is 6.08 Å². The molecule has 2 aromatic rings. The highest BCUT2D eigenvalue weighted by Gasteiger charge is 2.36. The zero-order chi connectivity index (χ0) is 20.1. The number of nitrogens with one attached hydrogen (secondary N) is 2. The van der Waals surface area contributed by atoms with Gasteiger partial charge in [-0.15, -0.1) is 5.10 Å². The molecule has 0 radical (unpaired) electrons. The average Bonchev–Trinajstić information content (AvgIpc) is 3.16. The van der Waals surface area contributed by atoms with Crippen LogP contribution in [-0.4, -0.2) is 45.0 Å². The summed E-state index contributed by atoms with van der Waals surface area (Å²) >= 11 is 0. The van der Waals surface area contributed by atoms with Crippen molar-refractivity contribution in [3.8, 4) is 0 Å². The minimum absolute atomic E-state index is 0.147. The van der Waals surface area contributed by atoms with Crippen LogP contribution in [0.15, 0.2) is 36.4 Å². The third-order valence-corrected chi connectivity index (χ3v) is 4.38. The van der Waals surface area contributed by atoms with Crippen molar-refractivity contribution in [2.75, 3.05) is 18.4 Å². The largest absolute Gasteiger partial charge is 0.451 e. The van der Waals surface area contributed by atoms with Crippen molar-refractivity contribution < 1.29 is 22.8 Å². The van der Waals surface area contributed by atoms with E-state index in [2.05, 4.69) is 15.4 Å². The lowest BCUT2D eigenvalue weighted by Gasteiger charge is -2.30. The van der Waals surface area contributed by atoms with E-state index in [0.717, 1.165) is 5.56 Å². The molecule has 1 saturated heterocycles. The molecular formula is C18H18F3N5O2. The summed E-state index contributed by atoms with van der Waals surface area (Å²) < 4.78 is 37.5. The number of hydrogen-bond acceptors (Lipinski definition) is 4. The molecule has 0 bridgehead atoms. The minimum Gasteiger partial charge on any atom is -0.339 e. The summed E-state index contributed by atoms with van der Waals surface area (Å²) in [5.74, 6) is -2.71. The van der Waals surface area contributed by atoms with E-state index in [1.807, 2.05) is 30.3 Å². The molecule has 1 fully saturated rings. The van der Waals surface area contributed by atoms with Crippen LogP contribution in [0, 0.1) is 5.92 Å². The van der Waals surface area contributed by atoms with Crippen LogP contribution in [0.5, 0.6) is 0 Å². The maximum atomic E-state index is 12.5. The fourth-order valence-corrected chi connectivity index (χ4v) is 2.86. The lowest BCUT2D eigenvalue weighted by Crippen LogP contribution is -2.40. The molecule has 148 valence electrons. The monoisotopic (exact) mass is 393 g/mol. The molecule has 0 aliphatic carbocycles. The van der Waals surface area contributed by atoms with Crippen LogP contribution in [0.3, 0.4) is 0 Å². The van der Waals surface area contributed by atoms with Crippen molar-refractivity contribution >= 4 is 23.8 Å². The number of likely N-dealkylation sites (tertiary alicyclic amines) is 1. The highest BCUT2D eigenvalue weighted by atomic mass is 19.4. The normalized spacial score (nSPS) is 15.8. The first-order chi connectivity index (χ1) is 13.3. The second-order valence-corrected chi connectivity index (χ2v) is 6.34. The fourth-order valence-electron chi connectivity index (χ4n) is 2.86. The zero-order valence-corrected chi connectivity index (χ0v) is 14.7. The number of amides is 2. The van der Waals surface area contributed by atoms with Crippen LogP contribution in [0.2, 0.25) is 0 Å². The van der Waals surface area contributed by atoms with Crippen LogP contribution in [-0.2, 0) is 15.8 Å². The molecule has 2 N–H and O–H groups in total. The molecule has 1 aromatic heterocycles. The first kappa shape index (κ1) is 19.6. The zero-order valence-electron chi connectivity index (χ0n) is 14.7. The summed E-state index contributed by atoms with van der Waals surface area (Å²) in [6.45, 7) is 0.774. The Morgan fingerprint density at radius 3 is 2.46 bits per heavy atom. The van der Waals surface area contributed by atoms with Gasteiger partial charge in [-0.05, 0) is 24.5 Å². The number of anilines is 1. The number of aromatic nitrogens is 3. The topological polar surface area (TPSA) is 91.0 Å². The number of piperidine rings is 1. The second-order valence-electron chi connectivity index (χ2n) is 6.34. The standard InChI is InChI=1S/C18H18F3N5O2/c19-18(20,21)16-23-17(25-24-16)22-15(28)13-8-10-26(11-9-13)14(27)7-6-12-4-2-1-3-5-12/h1-7,13H,8-11H2,(H2,22,23,24,25,28)/b7-6+. The third kappa shape index (κ3) is 4.96. The SMILES string of the molecule is O=C(Nc1n[nH]c(C(F)(F)F)n1)C1CCN(C(=O)/C=C/c2ccccc2)CC1. The predicted octanol–water partition coefficient (Wildman–Crippen LogP) is 2.71. The Balaban J connectivity index is 1.49. The van der Waals surface area contributed by atoms with Crippen LogP contribution >= 0.6 is 0 Å². The molecular weight excluding hydrogens is 375 g/mol. The van der Waals surface area contributed by atoms with Crippen molar-refractivity contribution in [1.29, 1.82) is 0 Å². The van der Waals surface area contributed by atoms with Crippen molar-refractivity contribution in [2.45, 2.75) is 19.0 Å². The third-order valence-electron chi connectivity index (χ3n) is 4.38. The van der Waals surface area contributed by atoms with Crippen molar-refractivity contribution in [1.82, 2.24) is 20.1 Å². The molecule has 7 nitrogen and oxygen atoms in total. The highest BCUT2D eigenvalue weighted by molar-refractivity contribution is 5.93. The molecule has 2 amide bonds. The molecule has 1 aliphatic heterocycles. The van der Waals surface area contributed by atoms with Gasteiger partial charge < -0.3 is 4.90 Å². The number of halogens is 3. The van der Waals surface area contributed by atoms with Gasteiger partial charge >= 0.3 is 6.18 Å². The number of aromatic amines is 1. The van der Waals surface area contributed by atoms with Crippen molar-refractivity contribution in [3.05, 3.63) is 47.8 Å². The molecule has 1 aliphatic rings. The number of carbonyl (C=O) groups excluding carboxylic acids is 2. The minimum atomic E-state index is -4.66. The van der Waals surface area contributed by atoms with Gasteiger partial charge in [0.2, 0.25) is 23.6 Å². The summed E-state index contributed by atoms with van der Waals surface area (Å²) in [7, 11) is 0. The van der Waals surface area contributed by atoms with E-state index < -0.39 is 29.8 Å². The Morgan fingerprint density at radius 2 is 1.86 bits per heavy atom. The van der Waals surface area contributed by atoms with Gasteiger partial charge in [0.1, 0.15) is 0 Å². The van der Waals surface area contributed by atoms with Crippen LogP contribution in [0.1, 0.15) is 24.2 Å². The summed E-state index contributed by atoms with van der Waals surface area (Å²) in [5.41, 5.74) is 0.912. The molecule has 2 heterocycles. The fraction of sp³-hybridized carbons (Fsp3) is 0.333. The Bertz CT molecular complexity index is 856. The smallest absolute Gasteiger partial charge is 0.339 e. The number of carbonyl (C=O) groups is 2. The lowest BCUT2D eigenvalue weighted by molar-refractivity contribution is -0.144. The molecule has 0 unspecified atom stereocenters. The molecule has 0 atom stereocenters. The molecule has 0 spiro atoms. The first-order valence-corrected chi connectivity index (χ1v) is 8.65. The van der Waals surface area contributed by atoms with Crippen LogP contribution < -0.4 is 5.32 Å². The summed E-state index contributed by atoms with van der Waals surface area (Å²) in [6.07, 6.45) is -0.625. The van der Waals surface area contributed by atoms with Crippen molar-refractivity contribution in [3.63, 3.8) is 0 Å². The van der Waals surface area contributed by atoms with Gasteiger partial charge in [0.25, 0.3) is 0 Å². The number of benzene rings is 1. The van der Waals surface area contributed by atoms with E-state index >= 15 is 0 Å². The summed E-state index contributed by atoms with van der Waals surface area (Å²) in [5, 5.41) is 7.38. The Labute approximate surface area is 158 Å². The quantitative estimate of drug-likeness (QED) is 0.782. The molecule has 28 heavy (non-hydrogen) atoms. The first-order valence-electron chi connectivity index (χ1n) is 8.65. The van der Waals surface area contributed by atoms with Crippen molar-refractivity contribution in [2.24, 2.45) is 5.92 Å². The average molecular weight is 393 g/mol. The number of alkyl halides is 3. The van der Waals surface area contributed by atoms with E-state index in [-0.39, 0.29) is 5.91 Å². The number of nitrogens with zero attached hydrogens (tertiary/aromatic N) is 3. The Hall–Kier alpha value is -3.17. The number of H-pyrrole nitrogens is 1. The molecule has 10 heteroatoms. The van der Waals surface area contributed by atoms with E-state index in [1.54, 1.807) is 16.1 Å². The molecule has 1 aromatic carbocycles. The van der Waals surface area contributed by atoms with E-state index in [4.69, 9.17) is 0 Å². The maximum Gasteiger partial charge on any atom is 0.451 e. The van der Waals surface area contributed by atoms with E-state index in [9.17, 15) is 22.8 Å². The van der Waals surface area contributed by atoms with Crippen LogP contribution in [0.25, 0.3) is 6.08 Å². The van der Waals surface area contributed by atoms with Gasteiger partial charge in [-0.2, -0.15) is 18.2 Å². The summed E-state index contributed by atoms with van der Waals surface area (Å²) in [4.78, 5) is 29.3. The van der Waals surface area contributed by atoms with Gasteiger partial charge in [-0.25, -0.2) is 0 Å². The van der Waals surface area contributed by atoms with Gasteiger partial charge in [0.05, 0.1) is 0 Å². The Kier molecular flexibility index (Phi) is 5.76. The number of hydrogen-bond donors (Lipinski definition) is 2. The van der Waals surface area contributed by atoms with E-state index in [0.29, 0.717) is 25.9 Å². The highest BCUT2D eigenvalue weighted by Crippen LogP contribution is 2.26. The number of rotatable bonds is 4. The summed E-state index contributed by atoms with van der Waals surface area (Å²) in [6, 6.07) is 9.40. The van der Waals surface area contributed by atoms with Gasteiger partial charge in [0, 0.05) is 25.1 Å². The van der Waals surface area contributed by atoms with Gasteiger partial charge in [-0.3, -0.25) is 20.0 Å². The maximum absolute atomic E-state index is 12.5. The van der Waals surface area contributed by atoms with Gasteiger partial charge in [-0.1, -0.05) is 30.3 Å². The molecule has 0 saturated carbocycles. The Morgan fingerprint density at radius 1 is 1.18 bits per heavy atom. The predicted molar refractivity (Wildman–Crippen MR) is 94.8 cm³/mol.